The van der Waals surface area contributed by atoms with Crippen LogP contribution in [-0.2, 0) is 28.7 Å². The fourth-order valence-electron chi connectivity index (χ4n) is 2.49. The van der Waals surface area contributed by atoms with Crippen LogP contribution >= 0.6 is 0 Å². The maximum Gasteiger partial charge on any atom is 0.312 e. The van der Waals surface area contributed by atoms with Crippen LogP contribution in [0, 0.1) is 5.92 Å². The van der Waals surface area contributed by atoms with E-state index in [0.717, 1.165) is 0 Å². The van der Waals surface area contributed by atoms with Crippen LogP contribution in [0.3, 0.4) is 0 Å². The molecule has 0 aliphatic rings. The van der Waals surface area contributed by atoms with Crippen molar-refractivity contribution in [2.45, 2.75) is 33.2 Å². The number of carbonyl (C=O) groups is 5. The number of esters is 2. The first kappa shape index (κ1) is 23.6. The predicted molar refractivity (Wildman–Crippen MR) is 103 cm³/mol. The molecule has 0 saturated heterocycles. The van der Waals surface area contributed by atoms with Gasteiger partial charge in [-0.15, -0.1) is 0 Å². The predicted octanol–water partition coefficient (Wildman–Crippen LogP) is 0.361. The van der Waals surface area contributed by atoms with Crippen LogP contribution in [0.15, 0.2) is 24.3 Å². The van der Waals surface area contributed by atoms with E-state index in [2.05, 4.69) is 10.6 Å². The van der Waals surface area contributed by atoms with E-state index in [4.69, 9.17) is 15.2 Å². The molecule has 1 rings (SSSR count). The van der Waals surface area contributed by atoms with Gasteiger partial charge in [0.2, 0.25) is 11.8 Å². The van der Waals surface area contributed by atoms with Gasteiger partial charge in [0.1, 0.15) is 6.04 Å². The molecule has 1 aromatic carbocycles. The lowest BCUT2D eigenvalue weighted by molar-refractivity contribution is -0.156. The highest BCUT2D eigenvalue weighted by atomic mass is 16.5. The van der Waals surface area contributed by atoms with Gasteiger partial charge in [0, 0.05) is 18.2 Å². The van der Waals surface area contributed by atoms with E-state index in [9.17, 15) is 24.0 Å². The molecule has 1 aromatic rings. The van der Waals surface area contributed by atoms with Crippen molar-refractivity contribution in [2.75, 3.05) is 18.5 Å². The zero-order chi connectivity index (χ0) is 22.0. The van der Waals surface area contributed by atoms with Gasteiger partial charge in [-0.3, -0.25) is 24.0 Å². The van der Waals surface area contributed by atoms with Gasteiger partial charge in [0.25, 0.3) is 5.91 Å². The first-order valence-electron chi connectivity index (χ1n) is 8.99. The molecule has 0 unspecified atom stereocenters. The molecule has 0 aromatic heterocycles. The van der Waals surface area contributed by atoms with Crippen molar-refractivity contribution >= 4 is 35.3 Å². The maximum absolute atomic E-state index is 12.5. The summed E-state index contributed by atoms with van der Waals surface area (Å²) in [6.07, 6.45) is -0.484. The summed E-state index contributed by atoms with van der Waals surface area (Å²) in [5, 5.41) is 4.92. The Hall–Kier alpha value is -3.43. The second-order valence-electron chi connectivity index (χ2n) is 5.98. The Morgan fingerprint density at radius 2 is 1.59 bits per heavy atom. The number of hydrogen-bond donors (Lipinski definition) is 3. The highest BCUT2D eigenvalue weighted by Gasteiger charge is 2.37. The Balaban J connectivity index is 3.03. The van der Waals surface area contributed by atoms with E-state index in [1.807, 2.05) is 0 Å². The maximum atomic E-state index is 12.5. The van der Waals surface area contributed by atoms with Crippen molar-refractivity contribution < 1.29 is 33.4 Å². The fraction of sp³-hybridized carbons (Fsp3) is 0.421. The number of hydrogen-bond acceptors (Lipinski definition) is 7. The van der Waals surface area contributed by atoms with E-state index < -0.39 is 42.1 Å². The SMILES string of the molecule is CCOC(=O)C[C@H](C(=O)OCC)[C@@H](NC(=O)c1ccc(NC(C)=O)cc1)C(N)=O. The average Bonchev–Trinajstić information content (AvgIpc) is 2.64. The van der Waals surface area contributed by atoms with Crippen LogP contribution in [0.5, 0.6) is 0 Å². The van der Waals surface area contributed by atoms with E-state index >= 15 is 0 Å². The van der Waals surface area contributed by atoms with E-state index in [0.29, 0.717) is 5.69 Å². The summed E-state index contributed by atoms with van der Waals surface area (Å²) in [6, 6.07) is 4.35. The zero-order valence-corrected chi connectivity index (χ0v) is 16.5. The second-order valence-corrected chi connectivity index (χ2v) is 5.98. The minimum Gasteiger partial charge on any atom is -0.466 e. The summed E-state index contributed by atoms with van der Waals surface area (Å²) in [5.74, 6) is -4.89. The van der Waals surface area contributed by atoms with Crippen molar-refractivity contribution in [1.29, 1.82) is 0 Å². The van der Waals surface area contributed by atoms with Crippen LogP contribution in [-0.4, -0.2) is 48.9 Å². The van der Waals surface area contributed by atoms with Crippen molar-refractivity contribution in [2.24, 2.45) is 11.7 Å². The molecule has 4 N–H and O–H groups in total. The topological polar surface area (TPSA) is 154 Å². The molecule has 0 radical (unpaired) electrons. The number of anilines is 1. The highest BCUT2D eigenvalue weighted by molar-refractivity contribution is 5.99. The van der Waals surface area contributed by atoms with Gasteiger partial charge in [-0.1, -0.05) is 0 Å². The molecule has 0 spiro atoms. The Morgan fingerprint density at radius 1 is 1.00 bits per heavy atom. The van der Waals surface area contributed by atoms with Gasteiger partial charge in [-0.05, 0) is 38.1 Å². The summed E-state index contributed by atoms with van der Waals surface area (Å²) in [4.78, 5) is 59.6. The molecule has 0 heterocycles. The third-order valence-electron chi connectivity index (χ3n) is 3.74. The summed E-state index contributed by atoms with van der Waals surface area (Å²) in [6.45, 7) is 4.60. The van der Waals surface area contributed by atoms with Gasteiger partial charge in [-0.25, -0.2) is 0 Å². The van der Waals surface area contributed by atoms with Crippen LogP contribution in [0.1, 0.15) is 37.6 Å². The van der Waals surface area contributed by atoms with Crippen molar-refractivity contribution in [3.63, 3.8) is 0 Å². The molecule has 0 bridgehead atoms. The number of carbonyl (C=O) groups excluding carboxylic acids is 5. The highest BCUT2D eigenvalue weighted by Crippen LogP contribution is 2.15. The number of amides is 3. The molecule has 0 aliphatic heterocycles. The molecule has 158 valence electrons. The van der Waals surface area contributed by atoms with Gasteiger partial charge in [0.15, 0.2) is 0 Å². The van der Waals surface area contributed by atoms with Crippen LogP contribution < -0.4 is 16.4 Å². The number of ether oxygens (including phenoxy) is 2. The van der Waals surface area contributed by atoms with Crippen LogP contribution in [0.4, 0.5) is 5.69 Å². The van der Waals surface area contributed by atoms with Gasteiger partial charge >= 0.3 is 11.9 Å². The summed E-state index contributed by atoms with van der Waals surface area (Å²) >= 11 is 0. The van der Waals surface area contributed by atoms with E-state index in [1.165, 1.54) is 31.2 Å². The standard InChI is InChI=1S/C19H25N3O7/c1-4-28-15(24)10-14(19(27)29-5-2)16(17(20)25)22-18(26)12-6-8-13(9-7-12)21-11(3)23/h6-9,14,16H,4-5,10H2,1-3H3,(H2,20,25)(H,21,23)(H,22,26)/t14-,16+/m0/s1. The second kappa shape index (κ2) is 11.4. The number of nitrogens with two attached hydrogens (primary N) is 1. The summed E-state index contributed by atoms with van der Waals surface area (Å²) < 4.78 is 9.73. The molecular formula is C19H25N3O7. The molecule has 2 atom stereocenters. The lowest BCUT2D eigenvalue weighted by Crippen LogP contribution is -2.52. The van der Waals surface area contributed by atoms with Crippen LogP contribution in [0.25, 0.3) is 0 Å². The first-order valence-corrected chi connectivity index (χ1v) is 8.99. The largest absolute Gasteiger partial charge is 0.466 e. The Labute approximate surface area is 168 Å². The third-order valence-corrected chi connectivity index (χ3v) is 3.74. The number of primary amides is 1. The molecule has 3 amide bonds. The van der Waals surface area contributed by atoms with Gasteiger partial charge in [0.05, 0.1) is 25.6 Å². The Bertz CT molecular complexity index is 762. The lowest BCUT2D eigenvalue weighted by Gasteiger charge is -2.23. The molecular weight excluding hydrogens is 382 g/mol. The minimum absolute atomic E-state index is 0.0161. The molecule has 0 saturated carbocycles. The normalized spacial score (nSPS) is 12.2. The molecule has 0 fully saturated rings. The summed E-state index contributed by atoms with van der Waals surface area (Å²) in [7, 11) is 0. The van der Waals surface area contributed by atoms with E-state index in [-0.39, 0.29) is 24.7 Å². The molecule has 0 aliphatic carbocycles. The van der Waals surface area contributed by atoms with Gasteiger partial charge < -0.3 is 25.8 Å². The van der Waals surface area contributed by atoms with Crippen molar-refractivity contribution in [1.82, 2.24) is 5.32 Å². The summed E-state index contributed by atoms with van der Waals surface area (Å²) in [5.41, 5.74) is 6.00. The monoisotopic (exact) mass is 407 g/mol. The molecule has 10 nitrogen and oxygen atoms in total. The lowest BCUT2D eigenvalue weighted by atomic mass is 9.95. The minimum atomic E-state index is -1.49. The van der Waals surface area contributed by atoms with Crippen molar-refractivity contribution in [3.8, 4) is 0 Å². The number of nitrogens with one attached hydrogen (secondary N) is 2. The number of benzene rings is 1. The molecule has 29 heavy (non-hydrogen) atoms. The van der Waals surface area contributed by atoms with Crippen molar-refractivity contribution in [3.05, 3.63) is 29.8 Å². The van der Waals surface area contributed by atoms with E-state index in [1.54, 1.807) is 13.8 Å². The Kier molecular flexibility index (Phi) is 9.30. The first-order chi connectivity index (χ1) is 13.7. The van der Waals surface area contributed by atoms with Crippen LogP contribution in [0.2, 0.25) is 0 Å². The third kappa shape index (κ3) is 7.60. The zero-order valence-electron chi connectivity index (χ0n) is 16.5. The quantitative estimate of drug-likeness (QED) is 0.473. The smallest absolute Gasteiger partial charge is 0.312 e. The Morgan fingerprint density at radius 3 is 2.07 bits per heavy atom. The average molecular weight is 407 g/mol. The number of rotatable bonds is 10. The van der Waals surface area contributed by atoms with Gasteiger partial charge in [-0.2, -0.15) is 0 Å². The fourth-order valence-corrected chi connectivity index (χ4v) is 2.49. The molecule has 10 heteroatoms.